The molecule has 0 spiro atoms. The SMILES string of the molecule is CCOC(=O)C(C)Nc1nc(NN)nc2ccccc12. The van der Waals surface area contributed by atoms with Crippen LogP contribution >= 0.6 is 0 Å². The number of ether oxygens (including phenoxy) is 1. The molecule has 4 N–H and O–H groups in total. The number of benzene rings is 1. The third-order valence-corrected chi connectivity index (χ3v) is 2.73. The molecule has 0 saturated carbocycles. The summed E-state index contributed by atoms with van der Waals surface area (Å²) in [4.78, 5) is 20.1. The zero-order valence-electron chi connectivity index (χ0n) is 11.4. The average molecular weight is 275 g/mol. The lowest BCUT2D eigenvalue weighted by atomic mass is 10.2. The summed E-state index contributed by atoms with van der Waals surface area (Å²) in [6, 6.07) is 6.95. The molecule has 0 bridgehead atoms. The van der Waals surface area contributed by atoms with E-state index in [0.717, 1.165) is 10.9 Å². The molecule has 1 atom stereocenters. The number of carbonyl (C=O) groups is 1. The Kier molecular flexibility index (Phi) is 4.31. The molecule has 1 unspecified atom stereocenters. The number of nitrogens with two attached hydrogens (primary N) is 1. The highest BCUT2D eigenvalue weighted by molar-refractivity contribution is 5.91. The number of fused-ring (bicyclic) bond motifs is 1. The van der Waals surface area contributed by atoms with Crippen molar-refractivity contribution < 1.29 is 9.53 Å². The summed E-state index contributed by atoms with van der Waals surface area (Å²) in [7, 11) is 0. The van der Waals surface area contributed by atoms with Gasteiger partial charge in [0, 0.05) is 5.39 Å². The number of nitrogens with zero attached hydrogens (tertiary/aromatic N) is 2. The van der Waals surface area contributed by atoms with Gasteiger partial charge in [-0.3, -0.25) is 5.43 Å². The molecule has 106 valence electrons. The fraction of sp³-hybridized carbons (Fsp3) is 0.308. The van der Waals surface area contributed by atoms with E-state index in [0.29, 0.717) is 12.4 Å². The van der Waals surface area contributed by atoms with Crippen LogP contribution in [0, 0.1) is 0 Å². The Hall–Kier alpha value is -2.41. The van der Waals surface area contributed by atoms with Crippen molar-refractivity contribution >= 4 is 28.6 Å². The zero-order chi connectivity index (χ0) is 14.5. The summed E-state index contributed by atoms with van der Waals surface area (Å²) in [5, 5.41) is 3.83. The smallest absolute Gasteiger partial charge is 0.328 e. The molecule has 20 heavy (non-hydrogen) atoms. The predicted molar refractivity (Wildman–Crippen MR) is 77.1 cm³/mol. The zero-order valence-corrected chi connectivity index (χ0v) is 11.4. The van der Waals surface area contributed by atoms with Gasteiger partial charge in [0.15, 0.2) is 0 Å². The summed E-state index contributed by atoms with van der Waals surface area (Å²) in [5.41, 5.74) is 3.14. The molecular weight excluding hydrogens is 258 g/mol. The summed E-state index contributed by atoms with van der Waals surface area (Å²) < 4.78 is 4.96. The topological polar surface area (TPSA) is 102 Å². The summed E-state index contributed by atoms with van der Waals surface area (Å²) >= 11 is 0. The molecule has 7 heteroatoms. The second kappa shape index (κ2) is 6.16. The molecule has 7 nitrogen and oxygen atoms in total. The number of hydrogen-bond donors (Lipinski definition) is 3. The van der Waals surface area contributed by atoms with E-state index >= 15 is 0 Å². The molecule has 1 heterocycles. The molecule has 2 rings (SSSR count). The van der Waals surface area contributed by atoms with Gasteiger partial charge in [-0.05, 0) is 26.0 Å². The van der Waals surface area contributed by atoms with Gasteiger partial charge >= 0.3 is 5.97 Å². The van der Waals surface area contributed by atoms with Gasteiger partial charge in [0.05, 0.1) is 12.1 Å². The van der Waals surface area contributed by atoms with Gasteiger partial charge in [-0.2, -0.15) is 4.98 Å². The third kappa shape index (κ3) is 2.94. The molecule has 0 aliphatic heterocycles. The van der Waals surface area contributed by atoms with Crippen molar-refractivity contribution in [1.82, 2.24) is 9.97 Å². The van der Waals surface area contributed by atoms with E-state index in [-0.39, 0.29) is 11.9 Å². The molecule has 0 fully saturated rings. The Morgan fingerprint density at radius 1 is 1.40 bits per heavy atom. The van der Waals surface area contributed by atoms with E-state index < -0.39 is 6.04 Å². The molecular formula is C13H17N5O2. The van der Waals surface area contributed by atoms with Gasteiger partial charge < -0.3 is 10.1 Å². The van der Waals surface area contributed by atoms with Crippen LogP contribution in [-0.4, -0.2) is 28.6 Å². The number of aromatic nitrogens is 2. The van der Waals surface area contributed by atoms with Crippen LogP contribution in [-0.2, 0) is 9.53 Å². The van der Waals surface area contributed by atoms with Gasteiger partial charge in [-0.1, -0.05) is 12.1 Å². The molecule has 1 aromatic heterocycles. The maximum Gasteiger partial charge on any atom is 0.328 e. The highest BCUT2D eigenvalue weighted by Gasteiger charge is 2.16. The maximum atomic E-state index is 11.7. The lowest BCUT2D eigenvalue weighted by molar-refractivity contribution is -0.143. The average Bonchev–Trinajstić information content (AvgIpc) is 2.47. The van der Waals surface area contributed by atoms with Crippen LogP contribution in [0.2, 0.25) is 0 Å². The fourth-order valence-corrected chi connectivity index (χ4v) is 1.78. The van der Waals surface area contributed by atoms with Crippen LogP contribution in [0.15, 0.2) is 24.3 Å². The minimum absolute atomic E-state index is 0.280. The summed E-state index contributed by atoms with van der Waals surface area (Å²) in [6.07, 6.45) is 0. The van der Waals surface area contributed by atoms with Crippen LogP contribution in [0.1, 0.15) is 13.8 Å². The Labute approximate surface area is 116 Å². The highest BCUT2D eigenvalue weighted by atomic mass is 16.5. The minimum Gasteiger partial charge on any atom is -0.464 e. The quantitative estimate of drug-likeness (QED) is 0.429. The molecule has 0 aliphatic rings. The number of carbonyl (C=O) groups excluding carboxylic acids is 1. The highest BCUT2D eigenvalue weighted by Crippen LogP contribution is 2.22. The second-order valence-electron chi connectivity index (χ2n) is 4.18. The molecule has 0 saturated heterocycles. The minimum atomic E-state index is -0.515. The number of para-hydroxylation sites is 1. The Bertz CT molecular complexity index is 617. The standard InChI is InChI=1S/C13H17N5O2/c1-3-20-12(19)8(2)15-11-9-6-4-5-7-10(9)16-13(17-11)18-14/h4-8H,3,14H2,1-2H3,(H2,15,16,17,18). The number of nitrogen functional groups attached to an aromatic ring is 1. The number of esters is 1. The Morgan fingerprint density at radius 3 is 2.85 bits per heavy atom. The monoisotopic (exact) mass is 275 g/mol. The first-order chi connectivity index (χ1) is 9.65. The van der Waals surface area contributed by atoms with E-state index in [4.69, 9.17) is 10.6 Å². The number of anilines is 2. The number of rotatable bonds is 5. The van der Waals surface area contributed by atoms with Crippen molar-refractivity contribution in [2.45, 2.75) is 19.9 Å². The Morgan fingerprint density at radius 2 is 2.15 bits per heavy atom. The molecule has 0 aliphatic carbocycles. The van der Waals surface area contributed by atoms with Crippen LogP contribution in [0.3, 0.4) is 0 Å². The van der Waals surface area contributed by atoms with E-state index in [1.165, 1.54) is 0 Å². The fourth-order valence-electron chi connectivity index (χ4n) is 1.78. The first kappa shape index (κ1) is 14.0. The number of nitrogens with one attached hydrogen (secondary N) is 2. The lowest BCUT2D eigenvalue weighted by Crippen LogP contribution is -2.29. The third-order valence-electron chi connectivity index (χ3n) is 2.73. The first-order valence-electron chi connectivity index (χ1n) is 6.32. The van der Waals surface area contributed by atoms with Crippen LogP contribution in [0.25, 0.3) is 10.9 Å². The predicted octanol–water partition coefficient (Wildman–Crippen LogP) is 1.28. The van der Waals surface area contributed by atoms with Crippen molar-refractivity contribution in [3.63, 3.8) is 0 Å². The summed E-state index contributed by atoms with van der Waals surface area (Å²) in [6.45, 7) is 3.82. The van der Waals surface area contributed by atoms with E-state index in [1.807, 2.05) is 24.3 Å². The molecule has 1 aromatic carbocycles. The van der Waals surface area contributed by atoms with Crippen LogP contribution in [0.4, 0.5) is 11.8 Å². The van der Waals surface area contributed by atoms with Crippen molar-refractivity contribution in [1.29, 1.82) is 0 Å². The van der Waals surface area contributed by atoms with E-state index in [9.17, 15) is 4.79 Å². The van der Waals surface area contributed by atoms with E-state index in [2.05, 4.69) is 20.7 Å². The van der Waals surface area contributed by atoms with Gasteiger partial charge in [0.1, 0.15) is 11.9 Å². The normalized spacial score (nSPS) is 11.9. The number of hydrazine groups is 1. The molecule has 0 radical (unpaired) electrons. The van der Waals surface area contributed by atoms with Gasteiger partial charge in [-0.25, -0.2) is 15.6 Å². The number of hydrogen-bond acceptors (Lipinski definition) is 7. The van der Waals surface area contributed by atoms with Crippen molar-refractivity contribution in [3.8, 4) is 0 Å². The maximum absolute atomic E-state index is 11.7. The van der Waals surface area contributed by atoms with Crippen LogP contribution < -0.4 is 16.6 Å². The van der Waals surface area contributed by atoms with Gasteiger partial charge in [-0.15, -0.1) is 0 Å². The molecule has 2 aromatic rings. The Balaban J connectivity index is 2.35. The van der Waals surface area contributed by atoms with E-state index in [1.54, 1.807) is 13.8 Å². The van der Waals surface area contributed by atoms with Crippen molar-refractivity contribution in [2.24, 2.45) is 5.84 Å². The molecule has 0 amide bonds. The summed E-state index contributed by atoms with van der Waals surface area (Å²) in [5.74, 6) is 5.83. The second-order valence-corrected chi connectivity index (χ2v) is 4.18. The van der Waals surface area contributed by atoms with Gasteiger partial charge in [0.2, 0.25) is 5.95 Å². The lowest BCUT2D eigenvalue weighted by Gasteiger charge is -2.15. The van der Waals surface area contributed by atoms with Crippen LogP contribution in [0.5, 0.6) is 0 Å². The van der Waals surface area contributed by atoms with Crippen molar-refractivity contribution in [2.75, 3.05) is 17.3 Å². The van der Waals surface area contributed by atoms with Gasteiger partial charge in [0.25, 0.3) is 0 Å². The van der Waals surface area contributed by atoms with Crippen molar-refractivity contribution in [3.05, 3.63) is 24.3 Å². The largest absolute Gasteiger partial charge is 0.464 e. The first-order valence-corrected chi connectivity index (χ1v) is 6.32.